The number of allylic oxidation sites excluding steroid dienone is 8. The smallest absolute Gasteiger partial charge is 0.0245 e. The molecule has 0 aromatic rings. The zero-order valence-electron chi connectivity index (χ0n) is 7.37. The van der Waals surface area contributed by atoms with Crippen molar-refractivity contribution in [3.63, 3.8) is 0 Å². The highest BCUT2D eigenvalue weighted by atomic mass is 13.9. The first-order chi connectivity index (χ1) is 6.00. The van der Waals surface area contributed by atoms with Crippen LogP contribution in [0.2, 0.25) is 0 Å². The maximum atomic E-state index is 3.27. The quantitative estimate of drug-likeness (QED) is 0.506. The Balaban J connectivity index is 2.42. The fraction of sp³-hybridized carbons (Fsp3) is 0.333. The second-order valence-corrected chi connectivity index (χ2v) is 2.77. The molecule has 1 rings (SSSR count). The molecule has 0 bridgehead atoms. The molecule has 0 heterocycles. The Morgan fingerprint density at radius 1 is 0.750 bits per heavy atom. The van der Waals surface area contributed by atoms with Gasteiger partial charge in [0.1, 0.15) is 0 Å². The summed E-state index contributed by atoms with van der Waals surface area (Å²) in [5, 5.41) is 0. The van der Waals surface area contributed by atoms with Crippen molar-refractivity contribution in [3.05, 3.63) is 48.6 Å². The summed E-state index contributed by atoms with van der Waals surface area (Å²) >= 11 is 0. The van der Waals surface area contributed by atoms with Crippen LogP contribution in [0.25, 0.3) is 0 Å². The van der Waals surface area contributed by atoms with E-state index in [1.165, 1.54) is 0 Å². The van der Waals surface area contributed by atoms with E-state index in [2.05, 4.69) is 48.6 Å². The molecule has 1 radical (unpaired) electrons. The largest absolute Gasteiger partial charge is 0.0842 e. The van der Waals surface area contributed by atoms with Crippen molar-refractivity contribution in [2.24, 2.45) is 0 Å². The van der Waals surface area contributed by atoms with E-state index < -0.39 is 0 Å². The minimum Gasteiger partial charge on any atom is -0.0842 e. The van der Waals surface area contributed by atoms with E-state index in [0.29, 0.717) is 0 Å². The van der Waals surface area contributed by atoms with Gasteiger partial charge in [-0.1, -0.05) is 42.5 Å². The summed E-state index contributed by atoms with van der Waals surface area (Å²) in [4.78, 5) is 0. The van der Waals surface area contributed by atoms with Crippen LogP contribution >= 0.6 is 0 Å². The standard InChI is InChI=1S/C12H15/c1-2-4-6-8-10-12-11-9-7-5-3-1/h1-6,11H,7-10H2/b2-1+,5-3-,6-4-,12-11?. The van der Waals surface area contributed by atoms with E-state index in [0.717, 1.165) is 25.7 Å². The molecule has 0 unspecified atom stereocenters. The summed E-state index contributed by atoms with van der Waals surface area (Å²) in [6, 6.07) is 0. The van der Waals surface area contributed by atoms with Crippen molar-refractivity contribution >= 4 is 0 Å². The van der Waals surface area contributed by atoms with Gasteiger partial charge < -0.3 is 0 Å². The summed E-state index contributed by atoms with van der Waals surface area (Å²) < 4.78 is 0. The first-order valence-corrected chi connectivity index (χ1v) is 4.53. The molecule has 0 nitrogen and oxygen atoms in total. The molecule has 0 saturated carbocycles. The number of rotatable bonds is 0. The maximum Gasteiger partial charge on any atom is -0.0245 e. The van der Waals surface area contributed by atoms with Gasteiger partial charge in [0.25, 0.3) is 0 Å². The van der Waals surface area contributed by atoms with Crippen LogP contribution in [-0.4, -0.2) is 0 Å². The van der Waals surface area contributed by atoms with Crippen molar-refractivity contribution in [3.8, 4) is 0 Å². The van der Waals surface area contributed by atoms with Crippen molar-refractivity contribution in [2.45, 2.75) is 25.7 Å². The van der Waals surface area contributed by atoms with Gasteiger partial charge in [0.15, 0.2) is 0 Å². The molecule has 0 heteroatoms. The normalized spacial score (nSPS) is 29.3. The van der Waals surface area contributed by atoms with Gasteiger partial charge in [-0.25, -0.2) is 0 Å². The van der Waals surface area contributed by atoms with Crippen molar-refractivity contribution < 1.29 is 0 Å². The topological polar surface area (TPSA) is 0 Å². The predicted octanol–water partition coefficient (Wildman–Crippen LogP) is 3.59. The Labute approximate surface area is 75.0 Å². The van der Waals surface area contributed by atoms with Crippen LogP contribution < -0.4 is 0 Å². The van der Waals surface area contributed by atoms with Gasteiger partial charge in [0.05, 0.1) is 0 Å². The van der Waals surface area contributed by atoms with E-state index in [1.807, 2.05) is 0 Å². The number of hydrogen-bond acceptors (Lipinski definition) is 0. The highest BCUT2D eigenvalue weighted by Gasteiger charge is 1.79. The van der Waals surface area contributed by atoms with Crippen LogP contribution in [0.1, 0.15) is 25.7 Å². The van der Waals surface area contributed by atoms with Crippen LogP contribution in [-0.2, 0) is 0 Å². The molecule has 0 N–H and O–H groups in total. The molecule has 0 fully saturated rings. The van der Waals surface area contributed by atoms with Crippen LogP contribution in [0.15, 0.2) is 42.5 Å². The summed E-state index contributed by atoms with van der Waals surface area (Å²) in [5.74, 6) is 0. The number of hydrogen-bond donors (Lipinski definition) is 0. The molecule has 0 saturated heterocycles. The zero-order valence-corrected chi connectivity index (χ0v) is 7.37. The molecular weight excluding hydrogens is 144 g/mol. The zero-order chi connectivity index (χ0) is 8.49. The molecule has 0 spiro atoms. The SMILES string of the molecule is [C]1=C\CC\C=C/C=C/C=C\CC/1. The summed E-state index contributed by atoms with van der Waals surface area (Å²) in [7, 11) is 0. The highest BCUT2D eigenvalue weighted by Crippen LogP contribution is 1.98. The first kappa shape index (κ1) is 9.05. The third-order valence-electron chi connectivity index (χ3n) is 1.68. The van der Waals surface area contributed by atoms with Gasteiger partial charge in [-0.3, -0.25) is 0 Å². The second-order valence-electron chi connectivity index (χ2n) is 2.77. The molecule has 0 aliphatic heterocycles. The second kappa shape index (κ2) is 6.66. The van der Waals surface area contributed by atoms with Crippen molar-refractivity contribution in [2.75, 3.05) is 0 Å². The first-order valence-electron chi connectivity index (χ1n) is 4.53. The Morgan fingerprint density at radius 3 is 2.33 bits per heavy atom. The van der Waals surface area contributed by atoms with Gasteiger partial charge >= 0.3 is 0 Å². The fourth-order valence-corrected chi connectivity index (χ4v) is 1.03. The summed E-state index contributed by atoms with van der Waals surface area (Å²) in [6.07, 6.45) is 22.5. The van der Waals surface area contributed by atoms with Crippen molar-refractivity contribution in [1.82, 2.24) is 0 Å². The van der Waals surface area contributed by atoms with Gasteiger partial charge in [0.2, 0.25) is 0 Å². The van der Waals surface area contributed by atoms with E-state index in [-0.39, 0.29) is 0 Å². The molecule has 0 aromatic heterocycles. The van der Waals surface area contributed by atoms with Gasteiger partial charge in [-0.2, -0.15) is 0 Å². The van der Waals surface area contributed by atoms with Gasteiger partial charge in [-0.15, -0.1) is 0 Å². The highest BCUT2D eigenvalue weighted by molar-refractivity contribution is 5.11. The van der Waals surface area contributed by atoms with E-state index in [9.17, 15) is 0 Å². The van der Waals surface area contributed by atoms with Crippen LogP contribution in [0.5, 0.6) is 0 Å². The average molecular weight is 159 g/mol. The minimum absolute atomic E-state index is 1.05. The molecule has 0 aromatic carbocycles. The molecule has 1 aliphatic rings. The third-order valence-corrected chi connectivity index (χ3v) is 1.68. The summed E-state index contributed by atoms with van der Waals surface area (Å²) in [6.45, 7) is 0. The minimum atomic E-state index is 1.05. The van der Waals surface area contributed by atoms with Gasteiger partial charge in [-0.05, 0) is 31.8 Å². The Bertz CT molecular complexity index is 182. The lowest BCUT2D eigenvalue weighted by atomic mass is 10.2. The average Bonchev–Trinajstić information content (AvgIpc) is 2.05. The molecule has 0 amide bonds. The molecule has 63 valence electrons. The van der Waals surface area contributed by atoms with Crippen molar-refractivity contribution in [1.29, 1.82) is 0 Å². The lowest BCUT2D eigenvalue weighted by Crippen LogP contribution is -1.69. The van der Waals surface area contributed by atoms with Crippen LogP contribution in [0.3, 0.4) is 0 Å². The van der Waals surface area contributed by atoms with E-state index in [1.54, 1.807) is 0 Å². The van der Waals surface area contributed by atoms with E-state index >= 15 is 0 Å². The lowest BCUT2D eigenvalue weighted by Gasteiger charge is -1.88. The monoisotopic (exact) mass is 159 g/mol. The molecular formula is C12H15. The van der Waals surface area contributed by atoms with E-state index in [4.69, 9.17) is 0 Å². The van der Waals surface area contributed by atoms with Crippen LogP contribution in [0, 0.1) is 6.08 Å². The fourth-order valence-electron chi connectivity index (χ4n) is 1.03. The lowest BCUT2D eigenvalue weighted by molar-refractivity contribution is 0.983. The van der Waals surface area contributed by atoms with Gasteiger partial charge in [0, 0.05) is 0 Å². The molecule has 12 heavy (non-hydrogen) atoms. The summed E-state index contributed by atoms with van der Waals surface area (Å²) in [5.41, 5.74) is 0. The van der Waals surface area contributed by atoms with Crippen LogP contribution in [0.4, 0.5) is 0 Å². The third kappa shape index (κ3) is 4.73. The maximum absolute atomic E-state index is 3.27. The predicted molar refractivity (Wildman–Crippen MR) is 53.7 cm³/mol. The molecule has 1 aliphatic carbocycles. The Kier molecular flexibility index (Phi) is 5.02. The Hall–Kier alpha value is -1.04. The Morgan fingerprint density at radius 2 is 1.50 bits per heavy atom. The molecule has 0 atom stereocenters.